The molecular formula is C31H37N3O5S2. The maximum Gasteiger partial charge on any atom is 0.258 e. The number of thiophene rings is 1. The summed E-state index contributed by atoms with van der Waals surface area (Å²) in [5.74, 6) is -0.229. The van der Waals surface area contributed by atoms with Crippen LogP contribution in [0.3, 0.4) is 0 Å². The first-order valence-corrected chi connectivity index (χ1v) is 16.5. The first-order valence-electron chi connectivity index (χ1n) is 14.2. The van der Waals surface area contributed by atoms with Crippen LogP contribution in [-0.2, 0) is 22.7 Å². The summed E-state index contributed by atoms with van der Waals surface area (Å²) in [5, 5.41) is 6.33. The SMILES string of the molecule is COc1ccc(NC(=O)c2c(NC(=O)c3cccc(S(=O)(=O)C(C)(N)C4CCCCC4)c3)sc3c2CCCC3)cc1. The smallest absolute Gasteiger partial charge is 0.258 e. The molecule has 3 aromatic rings. The predicted molar refractivity (Wildman–Crippen MR) is 163 cm³/mol. The minimum atomic E-state index is -3.90. The van der Waals surface area contributed by atoms with Crippen LogP contribution in [0.5, 0.6) is 5.75 Å². The van der Waals surface area contributed by atoms with Crippen LogP contribution in [0.4, 0.5) is 10.7 Å². The van der Waals surface area contributed by atoms with Gasteiger partial charge in [0.2, 0.25) is 0 Å². The number of benzene rings is 2. The van der Waals surface area contributed by atoms with Crippen molar-refractivity contribution in [2.45, 2.75) is 74.5 Å². The first kappa shape index (κ1) is 29.3. The van der Waals surface area contributed by atoms with E-state index in [0.717, 1.165) is 68.2 Å². The third-order valence-electron chi connectivity index (χ3n) is 8.37. The van der Waals surface area contributed by atoms with Gasteiger partial charge in [0.05, 0.1) is 17.6 Å². The quantitative estimate of drug-likeness (QED) is 0.286. The molecule has 0 spiro atoms. The van der Waals surface area contributed by atoms with Gasteiger partial charge in [-0.05, 0) is 99.4 Å². The zero-order chi connectivity index (χ0) is 29.2. The van der Waals surface area contributed by atoms with Gasteiger partial charge in [-0.25, -0.2) is 8.42 Å². The van der Waals surface area contributed by atoms with E-state index in [2.05, 4.69) is 10.6 Å². The second-order valence-corrected chi connectivity index (χ2v) is 14.6. The number of nitrogens with one attached hydrogen (secondary N) is 2. The van der Waals surface area contributed by atoms with E-state index in [1.807, 2.05) is 0 Å². The average molecular weight is 596 g/mol. The predicted octanol–water partition coefficient (Wildman–Crippen LogP) is 6.17. The van der Waals surface area contributed by atoms with Gasteiger partial charge in [-0.2, -0.15) is 0 Å². The number of sulfone groups is 1. The van der Waals surface area contributed by atoms with Crippen LogP contribution < -0.4 is 21.1 Å². The van der Waals surface area contributed by atoms with E-state index in [0.29, 0.717) is 22.0 Å². The minimum Gasteiger partial charge on any atom is -0.497 e. The molecule has 218 valence electrons. The summed E-state index contributed by atoms with van der Waals surface area (Å²) in [6, 6.07) is 13.1. The fraction of sp³-hybridized carbons (Fsp3) is 0.419. The molecule has 1 fully saturated rings. The van der Waals surface area contributed by atoms with Gasteiger partial charge >= 0.3 is 0 Å². The normalized spacial score (nSPS) is 17.2. The standard InChI is InChI=1S/C31H37N3O5S2/c1-31(32,21-10-4-3-5-11-21)41(37,38)24-12-8-9-20(19-24)28(35)34-30-27(25-13-6-7-14-26(25)40-30)29(36)33-22-15-17-23(39-2)18-16-22/h8-9,12,15-19,21H,3-7,10-11,13-14,32H2,1-2H3,(H,33,36)(H,34,35). The average Bonchev–Trinajstić information content (AvgIpc) is 3.35. The molecule has 0 saturated heterocycles. The third kappa shape index (κ3) is 5.91. The summed E-state index contributed by atoms with van der Waals surface area (Å²) in [5.41, 5.74) is 8.74. The lowest BCUT2D eigenvalue weighted by atomic mass is 9.84. The number of carbonyl (C=O) groups is 2. The maximum absolute atomic E-state index is 13.7. The van der Waals surface area contributed by atoms with E-state index < -0.39 is 20.6 Å². The molecule has 1 atom stereocenters. The molecule has 0 aliphatic heterocycles. The number of nitrogens with two attached hydrogens (primary N) is 1. The number of hydrogen-bond acceptors (Lipinski definition) is 7. The van der Waals surface area contributed by atoms with E-state index in [4.69, 9.17) is 10.5 Å². The molecule has 10 heteroatoms. The molecule has 0 bridgehead atoms. The summed E-state index contributed by atoms with van der Waals surface area (Å²) in [7, 11) is -2.32. The Morgan fingerprint density at radius 3 is 2.37 bits per heavy atom. The Kier molecular flexibility index (Phi) is 8.54. The van der Waals surface area contributed by atoms with E-state index in [1.165, 1.54) is 23.5 Å². The topological polar surface area (TPSA) is 128 Å². The summed E-state index contributed by atoms with van der Waals surface area (Å²) < 4.78 is 32.5. The number of methoxy groups -OCH3 is 1. The van der Waals surface area contributed by atoms with Crippen molar-refractivity contribution in [2.24, 2.45) is 11.7 Å². The molecule has 1 unspecified atom stereocenters. The van der Waals surface area contributed by atoms with Crippen molar-refractivity contribution in [1.82, 2.24) is 0 Å². The van der Waals surface area contributed by atoms with Crippen molar-refractivity contribution in [3.63, 3.8) is 0 Å². The highest BCUT2D eigenvalue weighted by Gasteiger charge is 2.43. The van der Waals surface area contributed by atoms with Crippen LogP contribution in [0.2, 0.25) is 0 Å². The summed E-state index contributed by atoms with van der Waals surface area (Å²) in [4.78, 5) is 26.7. The zero-order valence-electron chi connectivity index (χ0n) is 23.5. The Labute approximate surface area is 245 Å². The second-order valence-electron chi connectivity index (χ2n) is 11.1. The molecule has 41 heavy (non-hydrogen) atoms. The lowest BCUT2D eigenvalue weighted by molar-refractivity contribution is 0.102. The van der Waals surface area contributed by atoms with Crippen molar-refractivity contribution in [2.75, 3.05) is 17.7 Å². The zero-order valence-corrected chi connectivity index (χ0v) is 25.1. The molecule has 2 aromatic carbocycles. The van der Waals surface area contributed by atoms with Crippen molar-refractivity contribution in [3.05, 3.63) is 70.1 Å². The van der Waals surface area contributed by atoms with E-state index >= 15 is 0 Å². The number of hydrogen-bond donors (Lipinski definition) is 3. The van der Waals surface area contributed by atoms with Gasteiger partial charge in [-0.3, -0.25) is 9.59 Å². The van der Waals surface area contributed by atoms with Gasteiger partial charge in [-0.15, -0.1) is 11.3 Å². The summed E-state index contributed by atoms with van der Waals surface area (Å²) in [6.45, 7) is 1.59. The van der Waals surface area contributed by atoms with E-state index in [1.54, 1.807) is 50.4 Å². The van der Waals surface area contributed by atoms with Crippen LogP contribution in [0.1, 0.15) is 83.0 Å². The summed E-state index contributed by atoms with van der Waals surface area (Å²) in [6.07, 6.45) is 8.18. The highest BCUT2D eigenvalue weighted by molar-refractivity contribution is 7.92. The lowest BCUT2D eigenvalue weighted by Gasteiger charge is -2.36. The third-order valence-corrected chi connectivity index (χ3v) is 11.9. The Bertz CT molecular complexity index is 1540. The number of rotatable bonds is 8. The van der Waals surface area contributed by atoms with E-state index in [9.17, 15) is 18.0 Å². The van der Waals surface area contributed by atoms with Gasteiger partial charge in [-0.1, -0.05) is 25.3 Å². The molecule has 8 nitrogen and oxygen atoms in total. The van der Waals surface area contributed by atoms with Gasteiger partial charge in [0.15, 0.2) is 9.84 Å². The van der Waals surface area contributed by atoms with Crippen molar-refractivity contribution in [1.29, 1.82) is 0 Å². The molecule has 2 aliphatic carbocycles. The highest BCUT2D eigenvalue weighted by Crippen LogP contribution is 2.40. The number of carbonyl (C=O) groups excluding carboxylic acids is 2. The minimum absolute atomic E-state index is 0.0312. The number of fused-ring (bicyclic) bond motifs is 1. The number of aryl methyl sites for hydroxylation is 1. The van der Waals surface area contributed by atoms with Gasteiger partial charge < -0.3 is 21.1 Å². The fourth-order valence-electron chi connectivity index (χ4n) is 5.89. The Morgan fingerprint density at radius 1 is 0.951 bits per heavy atom. The number of ether oxygens (including phenoxy) is 1. The Balaban J connectivity index is 1.41. The molecule has 2 aliphatic rings. The number of amides is 2. The monoisotopic (exact) mass is 595 g/mol. The van der Waals surface area contributed by atoms with Crippen molar-refractivity contribution in [3.8, 4) is 5.75 Å². The van der Waals surface area contributed by atoms with Crippen LogP contribution in [0.15, 0.2) is 53.4 Å². The van der Waals surface area contributed by atoms with Crippen molar-refractivity contribution < 1.29 is 22.7 Å². The highest BCUT2D eigenvalue weighted by atomic mass is 32.2. The molecule has 5 rings (SSSR count). The first-order chi connectivity index (χ1) is 19.6. The summed E-state index contributed by atoms with van der Waals surface area (Å²) >= 11 is 1.41. The van der Waals surface area contributed by atoms with Crippen LogP contribution in [-0.4, -0.2) is 32.2 Å². The molecule has 0 radical (unpaired) electrons. The molecular weight excluding hydrogens is 558 g/mol. The lowest BCUT2D eigenvalue weighted by Crippen LogP contribution is -2.51. The largest absolute Gasteiger partial charge is 0.497 e. The van der Waals surface area contributed by atoms with Crippen molar-refractivity contribution >= 4 is 43.7 Å². The van der Waals surface area contributed by atoms with Crippen LogP contribution in [0.25, 0.3) is 0 Å². The Morgan fingerprint density at radius 2 is 1.66 bits per heavy atom. The molecule has 2 amide bonds. The molecule has 4 N–H and O–H groups in total. The molecule has 1 heterocycles. The van der Waals surface area contributed by atoms with Crippen LogP contribution in [0, 0.1) is 5.92 Å². The van der Waals surface area contributed by atoms with Gasteiger partial charge in [0, 0.05) is 16.1 Å². The van der Waals surface area contributed by atoms with E-state index in [-0.39, 0.29) is 22.3 Å². The van der Waals surface area contributed by atoms with Crippen LogP contribution >= 0.6 is 11.3 Å². The number of anilines is 2. The fourth-order valence-corrected chi connectivity index (χ4v) is 8.90. The van der Waals surface area contributed by atoms with Gasteiger partial charge in [0.1, 0.15) is 15.6 Å². The maximum atomic E-state index is 13.7. The molecule has 1 saturated carbocycles. The molecule has 1 aromatic heterocycles. The van der Waals surface area contributed by atoms with Gasteiger partial charge in [0.25, 0.3) is 11.8 Å². The second kappa shape index (κ2) is 12.0. The Hall–Kier alpha value is -3.21.